The van der Waals surface area contributed by atoms with Gasteiger partial charge in [0.2, 0.25) is 0 Å². The van der Waals surface area contributed by atoms with Crippen molar-refractivity contribution in [3.63, 3.8) is 0 Å². The second kappa shape index (κ2) is 20.6. The van der Waals surface area contributed by atoms with Crippen LogP contribution in [0.5, 0.6) is 0 Å². The number of nitrogens with two attached hydrogens (primary N) is 2. The smallest absolute Gasteiger partial charge is 0.296 e. The van der Waals surface area contributed by atoms with Gasteiger partial charge >= 0.3 is 0 Å². The van der Waals surface area contributed by atoms with Crippen LogP contribution in [0.3, 0.4) is 0 Å². The molecule has 0 amide bonds. The Morgan fingerprint density at radius 2 is 1.00 bits per heavy atom. The van der Waals surface area contributed by atoms with Gasteiger partial charge in [-0.3, -0.25) is 18.2 Å². The number of azo groups is 2. The number of benzene rings is 2. The normalized spacial score (nSPS) is 16.9. The summed E-state index contributed by atoms with van der Waals surface area (Å²) in [5.41, 5.74) is 11.8. The summed E-state index contributed by atoms with van der Waals surface area (Å²) in [4.78, 5) is -3.34. The molecular weight excluding hydrogens is 1050 g/mol. The minimum Gasteiger partial charge on any atom is -0.382 e. The molecule has 0 bridgehead atoms. The molecule has 36 heteroatoms. The summed E-state index contributed by atoms with van der Waals surface area (Å²) in [6.45, 7) is 3.78. The van der Waals surface area contributed by atoms with Crippen molar-refractivity contribution in [3.05, 3.63) is 71.3 Å². The lowest BCUT2D eigenvalue weighted by atomic mass is 10.2. The number of aliphatic hydroxyl groups excluding tert-OH is 1. The molecule has 1 fully saturated rings. The average molecular weight is 1090 g/mol. The first kappa shape index (κ1) is 53.3. The zero-order chi connectivity index (χ0) is 53.4. The lowest BCUT2D eigenvalue weighted by Crippen LogP contribution is -2.62. The summed E-state index contributed by atoms with van der Waals surface area (Å²) >= 11 is 0. The standard InChI is InChI=1S/C37H41N19O13S4/c1-3-5-7-23-29(47-49-33-19(15-38)17-42-53(33)25-13-21(70(58,59)60)9-11-27(25)72(64,65)66)31(40)55(51-23)35-44-36(46-37(57)45-35)56-32(41)30(24(52-56)8-6-4-2)48-50-34-20(16-39)18-43-54(34)26-14-22(71(61,62)63)10-12-28(26)73(67,68)69/h9-14,17-18,35-37,44-46,57H,3-8,40-41H2,1-2H3,(H,58,59,60)(H,61,62,63)(H,64,65,66)(H,67,68,69). The van der Waals surface area contributed by atoms with Crippen LogP contribution < -0.4 is 27.4 Å². The number of hydrogen-bond donors (Lipinski definition) is 10. The molecule has 0 spiro atoms. The number of aryl methyl sites for hydroxylation is 2. The maximum atomic E-state index is 12.4. The molecule has 1 aliphatic rings. The predicted molar refractivity (Wildman–Crippen MR) is 248 cm³/mol. The van der Waals surface area contributed by atoms with Crippen LogP contribution in [-0.2, 0) is 53.3 Å². The van der Waals surface area contributed by atoms with Crippen LogP contribution in [0.25, 0.3) is 11.4 Å². The van der Waals surface area contributed by atoms with Crippen molar-refractivity contribution >= 4 is 75.1 Å². The number of aliphatic hydroxyl groups is 1. The van der Waals surface area contributed by atoms with Crippen LogP contribution in [-0.4, -0.2) is 102 Å². The summed E-state index contributed by atoms with van der Waals surface area (Å²) in [6.07, 6.45) is 0.787. The Hall–Kier alpha value is -7.46. The average Bonchev–Trinajstić information content (AvgIpc) is 4.09. The third kappa shape index (κ3) is 11.1. The number of nitrogens with zero attached hydrogens (tertiary/aromatic N) is 14. The Morgan fingerprint density at radius 3 is 1.33 bits per heavy atom. The Bertz CT molecular complexity index is 3520. The summed E-state index contributed by atoms with van der Waals surface area (Å²) in [6, 6.07) is 7.78. The molecule has 73 heavy (non-hydrogen) atoms. The topological polar surface area (TPSA) is 494 Å². The highest BCUT2D eigenvalue weighted by molar-refractivity contribution is 7.87. The minimum absolute atomic E-state index is 0.0764. The second-order valence-electron chi connectivity index (χ2n) is 15.5. The van der Waals surface area contributed by atoms with Gasteiger partial charge in [-0.05, 0) is 62.1 Å². The van der Waals surface area contributed by atoms with Crippen LogP contribution in [0.4, 0.5) is 34.6 Å². The first-order chi connectivity index (χ1) is 34.3. The third-order valence-electron chi connectivity index (χ3n) is 10.6. The monoisotopic (exact) mass is 1090 g/mol. The number of rotatable bonds is 18. The van der Waals surface area contributed by atoms with Crippen molar-refractivity contribution in [1.29, 1.82) is 10.5 Å². The van der Waals surface area contributed by atoms with E-state index in [0.29, 0.717) is 71.4 Å². The van der Waals surface area contributed by atoms with E-state index in [4.69, 9.17) is 11.5 Å². The van der Waals surface area contributed by atoms with Crippen molar-refractivity contribution < 1.29 is 57.0 Å². The molecule has 0 radical (unpaired) electrons. The van der Waals surface area contributed by atoms with E-state index in [1.54, 1.807) is 0 Å². The van der Waals surface area contributed by atoms with E-state index >= 15 is 0 Å². The highest BCUT2D eigenvalue weighted by Gasteiger charge is 2.34. The molecule has 2 unspecified atom stereocenters. The molecule has 0 saturated carbocycles. The first-order valence-corrected chi connectivity index (χ1v) is 26.7. The van der Waals surface area contributed by atoms with Crippen molar-refractivity contribution in [2.24, 2.45) is 20.5 Å². The predicted octanol–water partition coefficient (Wildman–Crippen LogP) is 2.53. The molecule has 5 heterocycles. The number of nitriles is 2. The molecule has 6 aromatic rings. The maximum Gasteiger partial charge on any atom is 0.296 e. The van der Waals surface area contributed by atoms with E-state index in [2.05, 4.69) is 56.8 Å². The highest BCUT2D eigenvalue weighted by atomic mass is 32.2. The summed E-state index contributed by atoms with van der Waals surface area (Å²) in [5.74, 6) is -1.32. The van der Waals surface area contributed by atoms with Crippen LogP contribution in [0.1, 0.15) is 74.6 Å². The van der Waals surface area contributed by atoms with Crippen molar-refractivity contribution in [3.8, 4) is 23.5 Å². The lowest BCUT2D eigenvalue weighted by Gasteiger charge is -2.36. The molecule has 2 atom stereocenters. The number of unbranched alkanes of at least 4 members (excludes halogenated alkanes) is 2. The highest BCUT2D eigenvalue weighted by Crippen LogP contribution is 2.37. The van der Waals surface area contributed by atoms with E-state index < -0.39 is 102 Å². The van der Waals surface area contributed by atoms with Crippen molar-refractivity contribution in [2.45, 2.75) is 90.9 Å². The fourth-order valence-electron chi connectivity index (χ4n) is 7.15. The van der Waals surface area contributed by atoms with Gasteiger partial charge < -0.3 is 16.6 Å². The Balaban J connectivity index is 1.27. The first-order valence-electron chi connectivity index (χ1n) is 21.0. The second-order valence-corrected chi connectivity index (χ2v) is 21.2. The van der Waals surface area contributed by atoms with Crippen molar-refractivity contribution in [2.75, 3.05) is 11.5 Å². The summed E-state index contributed by atoms with van der Waals surface area (Å²) in [5, 5.41) is 73.7. The molecule has 1 saturated heterocycles. The molecule has 4 aromatic heterocycles. The van der Waals surface area contributed by atoms with Gasteiger partial charge in [0, 0.05) is 0 Å². The van der Waals surface area contributed by atoms with Gasteiger partial charge in [0.15, 0.2) is 53.6 Å². The van der Waals surface area contributed by atoms with Crippen LogP contribution >= 0.6 is 0 Å². The zero-order valence-electron chi connectivity index (χ0n) is 37.6. The number of anilines is 2. The number of hydrogen-bond acceptors (Lipinski definition) is 24. The number of aromatic nitrogens is 8. The van der Waals surface area contributed by atoms with Crippen LogP contribution in [0.2, 0.25) is 0 Å². The van der Waals surface area contributed by atoms with E-state index in [9.17, 15) is 67.5 Å². The quantitative estimate of drug-likeness (QED) is 0.0436. The molecule has 2 aromatic carbocycles. The SMILES string of the molecule is CCCCc1nn(C2NC(O)NC(n3nc(CCCC)c(N=Nc4c(C#N)cnn4-c4cc(S(=O)(=O)O)ccc4S(=O)(=O)O)c3N)N2)c(N)c1N=Nc1c(C#N)cnn1-c1cc(S(=O)(=O)O)ccc1S(=O)(=O)O. The van der Waals surface area contributed by atoms with Gasteiger partial charge in [0.05, 0.1) is 44.9 Å². The van der Waals surface area contributed by atoms with Gasteiger partial charge in [0.25, 0.3) is 40.5 Å². The van der Waals surface area contributed by atoms with Gasteiger partial charge in [-0.2, -0.15) is 64.6 Å². The summed E-state index contributed by atoms with van der Waals surface area (Å²) < 4.78 is 141. The largest absolute Gasteiger partial charge is 0.382 e. The van der Waals surface area contributed by atoms with E-state index in [1.165, 1.54) is 9.36 Å². The van der Waals surface area contributed by atoms with E-state index in [-0.39, 0.29) is 58.4 Å². The van der Waals surface area contributed by atoms with Gasteiger partial charge in [-0.1, -0.05) is 26.7 Å². The lowest BCUT2D eigenvalue weighted by molar-refractivity contribution is -0.0163. The van der Waals surface area contributed by atoms with Crippen LogP contribution in [0.15, 0.2) is 88.8 Å². The van der Waals surface area contributed by atoms with Gasteiger partial charge in [-0.15, -0.1) is 20.5 Å². The number of nitrogens with one attached hydrogen (secondary N) is 3. The molecule has 7 rings (SSSR count). The van der Waals surface area contributed by atoms with E-state index in [0.717, 1.165) is 12.4 Å². The molecule has 12 N–H and O–H groups in total. The Morgan fingerprint density at radius 1 is 0.616 bits per heavy atom. The fraction of sp³-hybridized carbons (Fsp3) is 0.297. The third-order valence-corrected chi connectivity index (χ3v) is 14.1. The zero-order valence-corrected chi connectivity index (χ0v) is 40.9. The fourth-order valence-corrected chi connectivity index (χ4v) is 9.45. The Labute approximate surface area is 413 Å². The molecular formula is C37H41N19O13S4. The molecule has 32 nitrogen and oxygen atoms in total. The van der Waals surface area contributed by atoms with Crippen molar-refractivity contribution in [1.82, 2.24) is 55.1 Å². The van der Waals surface area contributed by atoms with Gasteiger partial charge in [-0.25, -0.2) is 34.7 Å². The maximum absolute atomic E-state index is 12.4. The molecule has 0 aliphatic carbocycles. The minimum atomic E-state index is -5.08. The molecule has 1 aliphatic heterocycles. The molecule has 386 valence electrons. The van der Waals surface area contributed by atoms with Gasteiger partial charge in [0.1, 0.15) is 33.1 Å². The summed E-state index contributed by atoms with van der Waals surface area (Å²) in [7, 11) is -20.0. The number of nitrogen functional groups attached to an aromatic ring is 2. The van der Waals surface area contributed by atoms with Crippen LogP contribution in [0, 0.1) is 22.7 Å². The Kier molecular flexibility index (Phi) is 15.0. The van der Waals surface area contributed by atoms with E-state index in [1.807, 2.05) is 26.0 Å².